The van der Waals surface area contributed by atoms with Crippen LogP contribution in [0.1, 0.15) is 20.8 Å². The van der Waals surface area contributed by atoms with E-state index in [-0.39, 0.29) is 12.4 Å². The van der Waals surface area contributed by atoms with Crippen molar-refractivity contribution in [3.05, 3.63) is 0 Å². The third-order valence-electron chi connectivity index (χ3n) is 2.19. The normalized spacial score (nSPS) is 21.5. The molecule has 2 atom stereocenters. The number of esters is 1. The monoisotopic (exact) mass is 252 g/mol. The summed E-state index contributed by atoms with van der Waals surface area (Å²) in [5, 5.41) is 2.49. The number of halogens is 1. The quantitative estimate of drug-likeness (QED) is 0.700. The number of rotatable bonds is 3. The number of nitrogens with two attached hydrogens (primary N) is 1. The first-order valence-electron chi connectivity index (χ1n) is 4.76. The van der Waals surface area contributed by atoms with Crippen molar-refractivity contribution in [3.63, 3.8) is 0 Å². The van der Waals surface area contributed by atoms with E-state index in [0.717, 1.165) is 0 Å². The minimum atomic E-state index is -0.871. The van der Waals surface area contributed by atoms with Crippen LogP contribution in [0.3, 0.4) is 0 Å². The second-order valence-corrected chi connectivity index (χ2v) is 4.09. The molecule has 7 heteroatoms. The average Bonchev–Trinajstić information content (AvgIpc) is 2.51. The molecule has 1 heterocycles. The predicted octanol–water partition coefficient (Wildman–Crippen LogP) is 0.186. The molecule has 1 saturated heterocycles. The van der Waals surface area contributed by atoms with Crippen molar-refractivity contribution in [3.8, 4) is 0 Å². The molecule has 0 aromatic carbocycles. The van der Waals surface area contributed by atoms with Crippen LogP contribution in [0.25, 0.3) is 0 Å². The highest BCUT2D eigenvalue weighted by molar-refractivity contribution is 5.85. The summed E-state index contributed by atoms with van der Waals surface area (Å²) in [6.45, 7) is 5.23. The Morgan fingerprint density at radius 1 is 1.69 bits per heavy atom. The molecule has 1 aliphatic rings. The lowest BCUT2D eigenvalue weighted by molar-refractivity contribution is -0.166. The molecule has 6 nitrogen and oxygen atoms in total. The lowest BCUT2D eigenvalue weighted by atomic mass is 10.0. The van der Waals surface area contributed by atoms with Crippen molar-refractivity contribution >= 4 is 24.5 Å². The highest BCUT2D eigenvalue weighted by Crippen LogP contribution is 2.21. The molecule has 0 bridgehead atoms. The number of carbonyl (C=O) groups excluding carboxylic acids is 2. The number of carbonyl (C=O) groups is 2. The first-order valence-corrected chi connectivity index (χ1v) is 4.76. The van der Waals surface area contributed by atoms with Crippen LogP contribution in [-0.4, -0.2) is 36.4 Å². The van der Waals surface area contributed by atoms with Gasteiger partial charge in [0.05, 0.1) is 6.54 Å². The summed E-state index contributed by atoms with van der Waals surface area (Å²) in [5.74, 6) is -0.511. The molecule has 0 aromatic rings. The molecule has 0 aromatic heterocycles. The maximum atomic E-state index is 11.3. The molecule has 0 unspecified atom stereocenters. The van der Waals surface area contributed by atoms with Gasteiger partial charge in [0.2, 0.25) is 0 Å². The molecule has 1 rings (SSSR count). The van der Waals surface area contributed by atoms with Crippen molar-refractivity contribution in [1.29, 1.82) is 0 Å². The molecular weight excluding hydrogens is 236 g/mol. The zero-order valence-corrected chi connectivity index (χ0v) is 10.3. The van der Waals surface area contributed by atoms with Crippen LogP contribution in [0.5, 0.6) is 0 Å². The van der Waals surface area contributed by atoms with Gasteiger partial charge in [-0.3, -0.25) is 4.79 Å². The molecule has 1 aliphatic heterocycles. The Morgan fingerprint density at radius 2 is 2.25 bits per heavy atom. The van der Waals surface area contributed by atoms with Gasteiger partial charge in [0.15, 0.2) is 6.10 Å². The fraction of sp³-hybridized carbons (Fsp3) is 0.778. The largest absolute Gasteiger partial charge is 0.454 e. The van der Waals surface area contributed by atoms with Crippen LogP contribution in [-0.2, 0) is 14.3 Å². The summed E-state index contributed by atoms with van der Waals surface area (Å²) in [5.41, 5.74) is 4.50. The van der Waals surface area contributed by atoms with Gasteiger partial charge in [0.1, 0.15) is 11.6 Å². The minimum absolute atomic E-state index is 0. The fourth-order valence-corrected chi connectivity index (χ4v) is 1.19. The molecule has 0 spiro atoms. The molecular formula is C9H17ClN2O4. The van der Waals surface area contributed by atoms with Crippen molar-refractivity contribution in [1.82, 2.24) is 5.32 Å². The summed E-state index contributed by atoms with van der Waals surface area (Å²) in [4.78, 5) is 22.1. The lowest BCUT2D eigenvalue weighted by Gasteiger charge is -2.29. The van der Waals surface area contributed by atoms with Gasteiger partial charge in [-0.2, -0.15) is 0 Å². The number of hydrogen-bond acceptors (Lipinski definition) is 5. The van der Waals surface area contributed by atoms with Gasteiger partial charge in [0.25, 0.3) is 0 Å². The Bertz CT molecular complexity index is 281. The Kier molecular flexibility index (Phi) is 5.02. The van der Waals surface area contributed by atoms with E-state index in [0.29, 0.717) is 6.54 Å². The standard InChI is InChI=1S/C9H16N2O4.ClH/c1-5(10)7(12)15-9(2,3)6-4-11-8(13)14-6;/h5-6H,4,10H2,1-3H3,(H,11,13);1H/t5-,6-;/m0./s1. The second-order valence-electron chi connectivity index (χ2n) is 4.09. The SMILES string of the molecule is C[C@H](N)C(=O)OC(C)(C)[C@@H]1CNC(=O)O1.Cl. The van der Waals surface area contributed by atoms with Gasteiger partial charge in [-0.25, -0.2) is 4.79 Å². The van der Waals surface area contributed by atoms with Crippen LogP contribution < -0.4 is 11.1 Å². The molecule has 1 amide bonds. The van der Waals surface area contributed by atoms with Crippen LogP contribution in [0, 0.1) is 0 Å². The summed E-state index contributed by atoms with van der Waals surface area (Å²) in [6, 6.07) is -0.686. The number of ether oxygens (including phenoxy) is 2. The summed E-state index contributed by atoms with van der Waals surface area (Å²) >= 11 is 0. The molecule has 0 radical (unpaired) electrons. The lowest BCUT2D eigenvalue weighted by Crippen LogP contribution is -2.46. The third kappa shape index (κ3) is 3.53. The first kappa shape index (κ1) is 15.0. The van der Waals surface area contributed by atoms with Crippen molar-refractivity contribution in [2.75, 3.05) is 6.54 Å². The molecule has 94 valence electrons. The molecule has 3 N–H and O–H groups in total. The average molecular weight is 253 g/mol. The molecule has 0 aliphatic carbocycles. The highest BCUT2D eigenvalue weighted by Gasteiger charge is 2.40. The first-order chi connectivity index (χ1) is 6.83. The van der Waals surface area contributed by atoms with Gasteiger partial charge >= 0.3 is 12.1 Å². The van der Waals surface area contributed by atoms with Crippen molar-refractivity contribution in [2.45, 2.75) is 38.5 Å². The van der Waals surface area contributed by atoms with Crippen LogP contribution in [0.4, 0.5) is 4.79 Å². The Hall–Kier alpha value is -1.01. The zero-order valence-electron chi connectivity index (χ0n) is 9.48. The van der Waals surface area contributed by atoms with Crippen LogP contribution >= 0.6 is 12.4 Å². The number of hydrogen-bond donors (Lipinski definition) is 2. The van der Waals surface area contributed by atoms with E-state index in [1.165, 1.54) is 6.92 Å². The molecule has 1 fully saturated rings. The smallest absolute Gasteiger partial charge is 0.407 e. The number of alkyl carbamates (subject to hydrolysis) is 1. The van der Waals surface area contributed by atoms with Crippen molar-refractivity contribution < 1.29 is 19.1 Å². The topological polar surface area (TPSA) is 90.7 Å². The number of cyclic esters (lactones) is 1. The van der Waals surface area contributed by atoms with E-state index in [1.54, 1.807) is 13.8 Å². The van der Waals surface area contributed by atoms with E-state index in [9.17, 15) is 9.59 Å². The van der Waals surface area contributed by atoms with Gasteiger partial charge < -0.3 is 20.5 Å². The van der Waals surface area contributed by atoms with Crippen LogP contribution in [0.15, 0.2) is 0 Å². The Balaban J connectivity index is 0.00000225. The number of nitrogens with one attached hydrogen (secondary N) is 1. The summed E-state index contributed by atoms with van der Waals surface area (Å²) in [7, 11) is 0. The van der Waals surface area contributed by atoms with E-state index in [1.807, 2.05) is 0 Å². The van der Waals surface area contributed by atoms with E-state index >= 15 is 0 Å². The highest BCUT2D eigenvalue weighted by atomic mass is 35.5. The van der Waals surface area contributed by atoms with E-state index in [2.05, 4.69) is 5.32 Å². The van der Waals surface area contributed by atoms with Gasteiger partial charge in [-0.1, -0.05) is 0 Å². The summed E-state index contributed by atoms with van der Waals surface area (Å²) in [6.07, 6.45) is -0.974. The second kappa shape index (κ2) is 5.36. The fourth-order valence-electron chi connectivity index (χ4n) is 1.19. The molecule has 0 saturated carbocycles. The summed E-state index contributed by atoms with van der Waals surface area (Å²) < 4.78 is 10.1. The Labute approximate surface area is 100 Å². The predicted molar refractivity (Wildman–Crippen MR) is 59.3 cm³/mol. The third-order valence-corrected chi connectivity index (χ3v) is 2.19. The zero-order chi connectivity index (χ0) is 11.6. The maximum Gasteiger partial charge on any atom is 0.407 e. The van der Waals surface area contributed by atoms with E-state index < -0.39 is 29.8 Å². The molecule has 16 heavy (non-hydrogen) atoms. The van der Waals surface area contributed by atoms with Gasteiger partial charge in [0, 0.05) is 0 Å². The van der Waals surface area contributed by atoms with Gasteiger partial charge in [-0.05, 0) is 20.8 Å². The minimum Gasteiger partial charge on any atom is -0.454 e. The maximum absolute atomic E-state index is 11.3. The Morgan fingerprint density at radius 3 is 2.62 bits per heavy atom. The van der Waals surface area contributed by atoms with Crippen molar-refractivity contribution in [2.24, 2.45) is 5.73 Å². The van der Waals surface area contributed by atoms with Crippen LogP contribution in [0.2, 0.25) is 0 Å². The number of amides is 1. The van der Waals surface area contributed by atoms with E-state index in [4.69, 9.17) is 15.2 Å². The van der Waals surface area contributed by atoms with Gasteiger partial charge in [-0.15, -0.1) is 12.4 Å².